The SMILES string of the molecule is C=C(c1cccc(NC2=NS(=O)(=O)N=C2N[C@@H](C2CC=C(C)O2)C(C)(C)C)c1O)N(C)C. The molecule has 1 unspecified atom stereocenters. The molecule has 174 valence electrons. The number of ether oxygens (including phenoxy) is 1. The molecule has 2 atom stereocenters. The molecule has 0 amide bonds. The molecule has 0 spiro atoms. The number of phenols is 1. The van der Waals surface area contributed by atoms with Crippen LogP contribution < -0.4 is 10.6 Å². The zero-order chi connectivity index (χ0) is 23.8. The van der Waals surface area contributed by atoms with Crippen molar-refractivity contribution in [2.75, 3.05) is 19.4 Å². The van der Waals surface area contributed by atoms with Gasteiger partial charge >= 0.3 is 10.2 Å². The Balaban J connectivity index is 1.90. The minimum atomic E-state index is -4.05. The third-order valence-electron chi connectivity index (χ3n) is 5.35. The van der Waals surface area contributed by atoms with Crippen LogP contribution in [-0.2, 0) is 14.9 Å². The molecule has 0 fully saturated rings. The Kier molecular flexibility index (Phi) is 6.28. The van der Waals surface area contributed by atoms with Crippen molar-refractivity contribution in [3.63, 3.8) is 0 Å². The van der Waals surface area contributed by atoms with E-state index in [-0.39, 0.29) is 40.7 Å². The first-order chi connectivity index (χ1) is 14.8. The first-order valence-electron chi connectivity index (χ1n) is 10.3. The highest BCUT2D eigenvalue weighted by Gasteiger charge is 2.38. The molecular formula is C22H31N5O4S. The van der Waals surface area contributed by atoms with Gasteiger partial charge in [-0.3, -0.25) is 0 Å². The second-order valence-corrected chi connectivity index (χ2v) is 10.5. The van der Waals surface area contributed by atoms with Crippen LogP contribution in [0.4, 0.5) is 5.69 Å². The Bertz CT molecular complexity index is 1110. The zero-order valence-electron chi connectivity index (χ0n) is 19.3. The summed E-state index contributed by atoms with van der Waals surface area (Å²) in [6, 6.07) is 4.84. The molecule has 3 rings (SSSR count). The molecule has 2 heterocycles. The molecule has 0 bridgehead atoms. The van der Waals surface area contributed by atoms with Crippen molar-refractivity contribution in [1.29, 1.82) is 0 Å². The Morgan fingerprint density at radius 2 is 1.94 bits per heavy atom. The molecule has 0 radical (unpaired) electrons. The number of hydrogen-bond acceptors (Lipinski definition) is 7. The molecule has 2 aliphatic heterocycles. The molecule has 1 aromatic carbocycles. The van der Waals surface area contributed by atoms with E-state index in [1.165, 1.54) is 0 Å². The summed E-state index contributed by atoms with van der Waals surface area (Å²) in [6.07, 6.45) is 2.53. The van der Waals surface area contributed by atoms with Crippen LogP contribution in [0.1, 0.15) is 39.7 Å². The van der Waals surface area contributed by atoms with Crippen molar-refractivity contribution in [2.45, 2.75) is 46.3 Å². The molecule has 2 aliphatic rings. The van der Waals surface area contributed by atoms with Gasteiger partial charge in [0.2, 0.25) is 0 Å². The first-order valence-corrected chi connectivity index (χ1v) is 11.7. The fourth-order valence-corrected chi connectivity index (χ4v) is 4.37. The topological polar surface area (TPSA) is 116 Å². The number of hydrogen-bond donors (Lipinski definition) is 3. The van der Waals surface area contributed by atoms with Crippen LogP contribution in [0.15, 0.2) is 45.4 Å². The van der Waals surface area contributed by atoms with Gasteiger partial charge in [-0.15, -0.1) is 8.80 Å². The molecular weight excluding hydrogens is 430 g/mol. The van der Waals surface area contributed by atoms with E-state index in [0.717, 1.165) is 5.76 Å². The van der Waals surface area contributed by atoms with Gasteiger partial charge in [0.25, 0.3) is 0 Å². The van der Waals surface area contributed by atoms with Crippen LogP contribution in [0.3, 0.4) is 0 Å². The fraction of sp³-hybridized carbons (Fsp3) is 0.455. The lowest BCUT2D eigenvalue weighted by Crippen LogP contribution is -2.53. The highest BCUT2D eigenvalue weighted by molar-refractivity contribution is 7.89. The van der Waals surface area contributed by atoms with Gasteiger partial charge in [-0.2, -0.15) is 8.42 Å². The number of benzene rings is 1. The van der Waals surface area contributed by atoms with Crippen molar-refractivity contribution >= 4 is 33.3 Å². The largest absolute Gasteiger partial charge is 0.505 e. The number of nitrogens with zero attached hydrogens (tertiary/aromatic N) is 3. The predicted octanol–water partition coefficient (Wildman–Crippen LogP) is 3.09. The Hall–Kier alpha value is -3.01. The average Bonchev–Trinajstić information content (AvgIpc) is 3.21. The van der Waals surface area contributed by atoms with E-state index in [1.807, 2.05) is 47.9 Å². The highest BCUT2D eigenvalue weighted by atomic mass is 32.2. The third-order valence-corrected chi connectivity index (χ3v) is 6.18. The summed E-state index contributed by atoms with van der Waals surface area (Å²) in [4.78, 5) is 1.77. The van der Waals surface area contributed by atoms with Crippen molar-refractivity contribution in [3.8, 4) is 5.75 Å². The minimum Gasteiger partial charge on any atom is -0.505 e. The molecule has 0 saturated heterocycles. The van der Waals surface area contributed by atoms with Crippen LogP contribution in [0.25, 0.3) is 5.70 Å². The molecule has 0 aromatic heterocycles. The standard InChI is InChI=1S/C22H31N5O4S/c1-13-11-12-17(31-13)19(22(3,4)5)24-21-20(25-32(29,30)26-21)23-16-10-8-9-15(18(16)28)14(2)27(6)7/h8-11,17,19,28H,2,12H2,1,3-7H3,(H,23,25)(H,24,26)/t17?,19-/m0/s1. The number of anilines is 1. The number of aromatic hydroxyl groups is 1. The second kappa shape index (κ2) is 8.50. The van der Waals surface area contributed by atoms with Crippen LogP contribution in [-0.4, -0.2) is 56.3 Å². The van der Waals surface area contributed by atoms with Crippen molar-refractivity contribution in [2.24, 2.45) is 14.2 Å². The maximum Gasteiger partial charge on any atom is 0.367 e. The van der Waals surface area contributed by atoms with E-state index < -0.39 is 10.2 Å². The molecule has 10 heteroatoms. The van der Waals surface area contributed by atoms with Crippen LogP contribution >= 0.6 is 0 Å². The number of nitrogens with one attached hydrogen (secondary N) is 2. The summed E-state index contributed by atoms with van der Waals surface area (Å²) in [5, 5.41) is 16.9. The summed E-state index contributed by atoms with van der Waals surface area (Å²) in [5.74, 6) is 0.852. The van der Waals surface area contributed by atoms with E-state index in [2.05, 4.69) is 26.0 Å². The van der Waals surface area contributed by atoms with Gasteiger partial charge < -0.3 is 25.4 Å². The van der Waals surface area contributed by atoms with E-state index in [1.54, 1.807) is 23.1 Å². The van der Waals surface area contributed by atoms with Gasteiger partial charge in [-0.05, 0) is 30.5 Å². The predicted molar refractivity (Wildman–Crippen MR) is 128 cm³/mol. The van der Waals surface area contributed by atoms with Crippen molar-refractivity contribution in [1.82, 2.24) is 10.2 Å². The number of para-hydroxylation sites is 1. The summed E-state index contributed by atoms with van der Waals surface area (Å²) >= 11 is 0. The normalized spacial score (nSPS) is 20.6. The summed E-state index contributed by atoms with van der Waals surface area (Å²) in [6.45, 7) is 12.0. The lowest BCUT2D eigenvalue weighted by molar-refractivity contribution is 0.0683. The first kappa shape index (κ1) is 23.6. The van der Waals surface area contributed by atoms with Gasteiger partial charge in [0.1, 0.15) is 11.9 Å². The molecule has 32 heavy (non-hydrogen) atoms. The summed E-state index contributed by atoms with van der Waals surface area (Å²) in [7, 11) is -0.417. The maximum absolute atomic E-state index is 12.2. The lowest BCUT2D eigenvalue weighted by atomic mass is 9.82. The third kappa shape index (κ3) is 5.07. The molecule has 0 aliphatic carbocycles. The van der Waals surface area contributed by atoms with E-state index in [9.17, 15) is 13.5 Å². The van der Waals surface area contributed by atoms with Gasteiger partial charge in [0, 0.05) is 31.8 Å². The summed E-state index contributed by atoms with van der Waals surface area (Å²) in [5.41, 5.74) is 1.14. The fourth-order valence-electron chi connectivity index (χ4n) is 3.60. The molecule has 0 saturated carbocycles. The molecule has 3 N–H and O–H groups in total. The van der Waals surface area contributed by atoms with E-state index >= 15 is 0 Å². The Labute approximate surface area is 189 Å². The van der Waals surface area contributed by atoms with Crippen molar-refractivity contribution in [3.05, 3.63) is 42.2 Å². The lowest BCUT2D eigenvalue weighted by Gasteiger charge is -2.36. The van der Waals surface area contributed by atoms with Gasteiger partial charge in [0.15, 0.2) is 11.7 Å². The van der Waals surface area contributed by atoms with Crippen LogP contribution in [0.2, 0.25) is 0 Å². The van der Waals surface area contributed by atoms with E-state index in [4.69, 9.17) is 4.74 Å². The maximum atomic E-state index is 12.2. The number of amidine groups is 2. The highest BCUT2D eigenvalue weighted by Crippen LogP contribution is 2.34. The zero-order valence-corrected chi connectivity index (χ0v) is 20.1. The van der Waals surface area contributed by atoms with Gasteiger partial charge in [-0.25, -0.2) is 0 Å². The second-order valence-electron chi connectivity index (χ2n) is 9.19. The smallest absolute Gasteiger partial charge is 0.367 e. The summed E-state index contributed by atoms with van der Waals surface area (Å²) < 4.78 is 37.9. The van der Waals surface area contributed by atoms with E-state index in [0.29, 0.717) is 17.7 Å². The van der Waals surface area contributed by atoms with Crippen molar-refractivity contribution < 1.29 is 18.3 Å². The van der Waals surface area contributed by atoms with Crippen LogP contribution in [0, 0.1) is 5.41 Å². The van der Waals surface area contributed by atoms with Gasteiger partial charge in [-0.1, -0.05) is 33.4 Å². The van der Waals surface area contributed by atoms with Gasteiger partial charge in [0.05, 0.1) is 17.5 Å². The quantitative estimate of drug-likeness (QED) is 0.577. The monoisotopic (exact) mass is 461 g/mol. The Morgan fingerprint density at radius 1 is 1.28 bits per heavy atom. The average molecular weight is 462 g/mol. The molecule has 9 nitrogen and oxygen atoms in total. The van der Waals surface area contributed by atoms with Crippen LogP contribution in [0.5, 0.6) is 5.75 Å². The number of rotatable bonds is 5. The number of allylic oxidation sites excluding steroid dienone is 1. The Morgan fingerprint density at radius 3 is 2.50 bits per heavy atom. The molecule has 1 aromatic rings. The number of phenolic OH excluding ortho intramolecular Hbond substituents is 1. The minimum absolute atomic E-state index is 0.00448.